The summed E-state index contributed by atoms with van der Waals surface area (Å²) >= 11 is 0. The van der Waals surface area contributed by atoms with Crippen LogP contribution in [-0.4, -0.2) is 28.1 Å². The van der Waals surface area contributed by atoms with Crippen LogP contribution in [-0.2, 0) is 6.18 Å². The highest BCUT2D eigenvalue weighted by atomic mass is 19.4. The van der Waals surface area contributed by atoms with Crippen LogP contribution in [0.5, 0.6) is 5.75 Å². The van der Waals surface area contributed by atoms with E-state index in [4.69, 9.17) is 4.74 Å². The average molecular weight is 443 g/mol. The Kier molecular flexibility index (Phi) is 6.43. The second kappa shape index (κ2) is 9.42. The maximum Gasteiger partial charge on any atom is 0.420 e. The highest BCUT2D eigenvalue weighted by Crippen LogP contribution is 2.38. The minimum absolute atomic E-state index is 0.237. The molecule has 2 aromatic heterocycles. The lowest BCUT2D eigenvalue weighted by atomic mass is 9.96. The predicted octanol–water partition coefficient (Wildman–Crippen LogP) is 6.05. The highest BCUT2D eigenvalue weighted by molar-refractivity contribution is 5.66. The van der Waals surface area contributed by atoms with Gasteiger partial charge in [-0.25, -0.2) is 4.98 Å². The number of nitrogens with one attached hydrogen (secondary N) is 2. The van der Waals surface area contributed by atoms with E-state index >= 15 is 0 Å². The monoisotopic (exact) mass is 443 g/mol. The van der Waals surface area contributed by atoms with Gasteiger partial charge in [-0.05, 0) is 43.2 Å². The van der Waals surface area contributed by atoms with Crippen LogP contribution in [0.4, 0.5) is 30.6 Å². The van der Waals surface area contributed by atoms with Crippen molar-refractivity contribution in [2.75, 3.05) is 17.7 Å². The Morgan fingerprint density at radius 2 is 1.78 bits per heavy atom. The second-order valence-electron chi connectivity index (χ2n) is 7.69. The van der Waals surface area contributed by atoms with Crippen molar-refractivity contribution in [2.24, 2.45) is 0 Å². The van der Waals surface area contributed by atoms with Crippen molar-refractivity contribution in [1.29, 1.82) is 0 Å². The quantitative estimate of drug-likeness (QED) is 0.483. The Hall–Kier alpha value is -3.36. The van der Waals surface area contributed by atoms with Crippen LogP contribution in [0.3, 0.4) is 0 Å². The number of benzene rings is 1. The van der Waals surface area contributed by atoms with Gasteiger partial charge in [0.25, 0.3) is 0 Å². The van der Waals surface area contributed by atoms with E-state index < -0.39 is 11.7 Å². The van der Waals surface area contributed by atoms with E-state index in [1.54, 1.807) is 18.3 Å². The number of pyridine rings is 1. The summed E-state index contributed by atoms with van der Waals surface area (Å²) in [5.41, 5.74) is 0.610. The minimum atomic E-state index is -4.54. The first-order valence-corrected chi connectivity index (χ1v) is 10.5. The van der Waals surface area contributed by atoms with Gasteiger partial charge in [0.1, 0.15) is 11.6 Å². The number of ether oxygens (including phenoxy) is 1. The molecule has 1 saturated carbocycles. The molecule has 0 aliphatic heterocycles. The van der Waals surface area contributed by atoms with Gasteiger partial charge in [0.15, 0.2) is 0 Å². The maximum absolute atomic E-state index is 13.4. The molecule has 9 heteroatoms. The van der Waals surface area contributed by atoms with Gasteiger partial charge in [0, 0.05) is 24.0 Å². The number of hydrogen-bond acceptors (Lipinski definition) is 6. The number of hydrogen-bond donors (Lipinski definition) is 2. The van der Waals surface area contributed by atoms with Crippen molar-refractivity contribution >= 4 is 17.5 Å². The number of alkyl halides is 3. The van der Waals surface area contributed by atoms with Crippen LogP contribution in [0.1, 0.15) is 37.7 Å². The zero-order chi connectivity index (χ0) is 22.6. The molecule has 0 saturated heterocycles. The van der Waals surface area contributed by atoms with E-state index in [0.29, 0.717) is 23.2 Å². The smallest absolute Gasteiger partial charge is 0.420 e. The lowest BCUT2D eigenvalue weighted by molar-refractivity contribution is -0.138. The molecule has 2 heterocycles. The molecule has 168 valence electrons. The highest BCUT2D eigenvalue weighted by Gasteiger charge is 2.34. The molecule has 0 bridgehead atoms. The molecular weight excluding hydrogens is 419 g/mol. The van der Waals surface area contributed by atoms with Gasteiger partial charge >= 0.3 is 6.18 Å². The maximum atomic E-state index is 13.4. The Balaban J connectivity index is 1.67. The fourth-order valence-corrected chi connectivity index (χ4v) is 3.81. The van der Waals surface area contributed by atoms with E-state index in [0.717, 1.165) is 31.7 Å². The van der Waals surface area contributed by atoms with Crippen LogP contribution >= 0.6 is 0 Å². The molecule has 1 aromatic carbocycles. The summed E-state index contributed by atoms with van der Waals surface area (Å²) in [5.74, 6) is 0.559. The van der Waals surface area contributed by atoms with E-state index in [1.165, 1.54) is 25.7 Å². The van der Waals surface area contributed by atoms with Crippen molar-refractivity contribution in [1.82, 2.24) is 15.0 Å². The molecule has 0 radical (unpaired) electrons. The van der Waals surface area contributed by atoms with Crippen molar-refractivity contribution < 1.29 is 17.9 Å². The standard InChI is InChI=1S/C23H24F3N5O/c1-32-20-11-10-16(13-17(20)23(24,25)26)28-21-14-19(18-9-5-6-12-27-18)30-22(31-21)29-15-7-3-2-4-8-15/h5-6,9-15H,2-4,7-8H2,1H3,(H2,28,29,30,31). The SMILES string of the molecule is COc1ccc(Nc2cc(-c3ccccn3)nc(NC3CCCCC3)n2)cc1C(F)(F)F. The van der Waals surface area contributed by atoms with Gasteiger partial charge in [0.05, 0.1) is 24.1 Å². The molecule has 0 unspecified atom stereocenters. The van der Waals surface area contributed by atoms with Crippen LogP contribution in [0.2, 0.25) is 0 Å². The normalized spacial score (nSPS) is 14.8. The largest absolute Gasteiger partial charge is 0.496 e. The van der Waals surface area contributed by atoms with Crippen LogP contribution in [0, 0.1) is 0 Å². The number of anilines is 3. The summed E-state index contributed by atoms with van der Waals surface area (Å²) in [6.45, 7) is 0. The fourth-order valence-electron chi connectivity index (χ4n) is 3.81. The number of halogens is 3. The molecule has 1 aliphatic carbocycles. The van der Waals surface area contributed by atoms with Crippen LogP contribution < -0.4 is 15.4 Å². The lowest BCUT2D eigenvalue weighted by Gasteiger charge is -2.23. The summed E-state index contributed by atoms with van der Waals surface area (Å²) in [7, 11) is 1.21. The number of rotatable bonds is 6. The third-order valence-corrected chi connectivity index (χ3v) is 5.37. The summed E-state index contributed by atoms with van der Waals surface area (Å²) in [6, 6.07) is 11.2. The third kappa shape index (κ3) is 5.27. The Morgan fingerprint density at radius 3 is 2.47 bits per heavy atom. The summed E-state index contributed by atoms with van der Waals surface area (Å²) < 4.78 is 45.1. The van der Waals surface area contributed by atoms with Gasteiger partial charge < -0.3 is 15.4 Å². The van der Waals surface area contributed by atoms with Gasteiger partial charge in [-0.15, -0.1) is 0 Å². The zero-order valence-electron chi connectivity index (χ0n) is 17.6. The third-order valence-electron chi connectivity index (χ3n) is 5.37. The molecule has 3 aromatic rings. The Morgan fingerprint density at radius 1 is 0.969 bits per heavy atom. The topological polar surface area (TPSA) is 72.0 Å². The number of aromatic nitrogens is 3. The molecule has 4 rings (SSSR count). The zero-order valence-corrected chi connectivity index (χ0v) is 17.6. The van der Waals surface area contributed by atoms with Crippen molar-refractivity contribution in [2.45, 2.75) is 44.3 Å². The molecule has 0 amide bonds. The average Bonchev–Trinajstić information content (AvgIpc) is 2.79. The second-order valence-corrected chi connectivity index (χ2v) is 7.69. The Labute approximate surface area is 184 Å². The van der Waals surface area contributed by atoms with Crippen molar-refractivity contribution in [3.8, 4) is 17.1 Å². The lowest BCUT2D eigenvalue weighted by Crippen LogP contribution is -2.23. The van der Waals surface area contributed by atoms with E-state index in [2.05, 4.69) is 25.6 Å². The summed E-state index contributed by atoms with van der Waals surface area (Å²) in [4.78, 5) is 13.5. The molecule has 32 heavy (non-hydrogen) atoms. The van der Waals surface area contributed by atoms with E-state index in [9.17, 15) is 13.2 Å². The van der Waals surface area contributed by atoms with E-state index in [1.807, 2.05) is 12.1 Å². The summed E-state index contributed by atoms with van der Waals surface area (Å²) in [5, 5.41) is 6.36. The van der Waals surface area contributed by atoms with Crippen LogP contribution in [0.15, 0.2) is 48.7 Å². The molecular formula is C23H24F3N5O. The minimum Gasteiger partial charge on any atom is -0.496 e. The van der Waals surface area contributed by atoms with Gasteiger partial charge in [-0.2, -0.15) is 18.2 Å². The molecule has 1 fully saturated rings. The first-order valence-electron chi connectivity index (χ1n) is 10.5. The number of nitrogens with zero attached hydrogens (tertiary/aromatic N) is 3. The van der Waals surface area contributed by atoms with Gasteiger partial charge in [-0.1, -0.05) is 25.3 Å². The first-order chi connectivity index (χ1) is 15.4. The molecule has 6 nitrogen and oxygen atoms in total. The molecule has 0 atom stereocenters. The van der Waals surface area contributed by atoms with Crippen molar-refractivity contribution in [3.05, 3.63) is 54.2 Å². The predicted molar refractivity (Wildman–Crippen MR) is 117 cm³/mol. The molecule has 1 aliphatic rings. The molecule has 0 spiro atoms. The van der Waals surface area contributed by atoms with Gasteiger partial charge in [0.2, 0.25) is 5.95 Å². The Bertz CT molecular complexity index is 1050. The first kappa shape index (κ1) is 21.9. The van der Waals surface area contributed by atoms with Gasteiger partial charge in [-0.3, -0.25) is 4.98 Å². The van der Waals surface area contributed by atoms with Crippen LogP contribution in [0.25, 0.3) is 11.4 Å². The van der Waals surface area contributed by atoms with E-state index in [-0.39, 0.29) is 17.5 Å². The van der Waals surface area contributed by atoms with Crippen molar-refractivity contribution in [3.63, 3.8) is 0 Å². The number of methoxy groups -OCH3 is 1. The molecule has 2 N–H and O–H groups in total. The summed E-state index contributed by atoms with van der Waals surface area (Å²) in [6.07, 6.45) is 2.71. The fraction of sp³-hybridized carbons (Fsp3) is 0.348.